The van der Waals surface area contributed by atoms with Crippen molar-refractivity contribution in [3.05, 3.63) is 48.2 Å². The molecule has 0 atom stereocenters. The van der Waals surface area contributed by atoms with Gasteiger partial charge in [-0.05, 0) is 80.4 Å². The molecule has 146 valence electrons. The summed E-state index contributed by atoms with van der Waals surface area (Å²) in [6.07, 6.45) is 13.8. The van der Waals surface area contributed by atoms with Crippen LogP contribution in [0.1, 0.15) is 57.4 Å². The predicted octanol–water partition coefficient (Wildman–Crippen LogP) is 5.17. The van der Waals surface area contributed by atoms with Crippen LogP contribution in [0.15, 0.2) is 42.6 Å². The Morgan fingerprint density at radius 1 is 1.11 bits per heavy atom. The predicted molar refractivity (Wildman–Crippen MR) is 108 cm³/mol. The third kappa shape index (κ3) is 4.56. The maximum absolute atomic E-state index is 11.9. The molecule has 0 radical (unpaired) electrons. The minimum atomic E-state index is -0.0984. The molecule has 27 heavy (non-hydrogen) atoms. The summed E-state index contributed by atoms with van der Waals surface area (Å²) in [6.45, 7) is 3.90. The second kappa shape index (κ2) is 8.08. The van der Waals surface area contributed by atoms with Crippen LogP contribution in [0.3, 0.4) is 0 Å². The van der Waals surface area contributed by atoms with Crippen molar-refractivity contribution in [1.82, 2.24) is 4.90 Å². The molecule has 1 aromatic rings. The third-order valence-electron chi connectivity index (χ3n) is 6.86. The molecule has 4 fully saturated rings. The van der Waals surface area contributed by atoms with E-state index in [9.17, 15) is 4.79 Å². The molecule has 4 saturated carbocycles. The first-order valence-corrected chi connectivity index (χ1v) is 10.8. The zero-order chi connectivity index (χ0) is 18.7. The second-order valence-electron chi connectivity index (χ2n) is 9.11. The van der Waals surface area contributed by atoms with E-state index in [0.717, 1.165) is 30.8 Å². The number of esters is 1. The Morgan fingerprint density at radius 2 is 1.74 bits per heavy atom. The number of ether oxygens (including phenoxy) is 1. The fourth-order valence-electron chi connectivity index (χ4n) is 6.14. The number of nitrogens with zero attached hydrogens (tertiary/aromatic N) is 1. The number of benzene rings is 1. The van der Waals surface area contributed by atoms with Gasteiger partial charge in [0.05, 0.1) is 13.0 Å². The van der Waals surface area contributed by atoms with Crippen LogP contribution < -0.4 is 0 Å². The fraction of sp³-hybridized carbons (Fsp3) is 0.625. The van der Waals surface area contributed by atoms with Gasteiger partial charge in [-0.2, -0.15) is 0 Å². The first kappa shape index (κ1) is 18.6. The number of hydrogen-bond acceptors (Lipinski definition) is 3. The van der Waals surface area contributed by atoms with Crippen LogP contribution in [0, 0.1) is 23.2 Å². The molecule has 0 aliphatic heterocycles. The van der Waals surface area contributed by atoms with Crippen LogP contribution in [0.2, 0.25) is 0 Å². The first-order chi connectivity index (χ1) is 13.1. The molecule has 0 aromatic heterocycles. The Bertz CT molecular complexity index is 631. The van der Waals surface area contributed by atoms with Crippen molar-refractivity contribution in [3.63, 3.8) is 0 Å². The van der Waals surface area contributed by atoms with E-state index in [-0.39, 0.29) is 5.97 Å². The summed E-state index contributed by atoms with van der Waals surface area (Å²) in [7, 11) is 0. The Hall–Kier alpha value is -1.77. The summed E-state index contributed by atoms with van der Waals surface area (Å²) in [5.41, 5.74) is 1.71. The number of hydrogen-bond donors (Lipinski definition) is 0. The van der Waals surface area contributed by atoms with E-state index in [1.807, 2.05) is 6.92 Å². The van der Waals surface area contributed by atoms with Gasteiger partial charge in [0.25, 0.3) is 0 Å². The van der Waals surface area contributed by atoms with Crippen LogP contribution in [0.5, 0.6) is 0 Å². The lowest BCUT2D eigenvalue weighted by atomic mass is 9.50. The molecular formula is C24H33NO2. The number of carbonyl (C=O) groups is 1. The molecule has 0 amide bonds. The van der Waals surface area contributed by atoms with Crippen LogP contribution >= 0.6 is 0 Å². The Balaban J connectivity index is 1.44. The summed E-state index contributed by atoms with van der Waals surface area (Å²) >= 11 is 0. The normalized spacial score (nSPS) is 31.4. The van der Waals surface area contributed by atoms with Crippen LogP contribution in [-0.4, -0.2) is 24.0 Å². The lowest BCUT2D eigenvalue weighted by Crippen LogP contribution is -2.45. The summed E-state index contributed by atoms with van der Waals surface area (Å²) in [5, 5.41) is 0. The van der Waals surface area contributed by atoms with Gasteiger partial charge in [0.1, 0.15) is 0 Å². The number of allylic oxidation sites excluding steroid dienone is 1. The van der Waals surface area contributed by atoms with E-state index in [0.29, 0.717) is 18.4 Å². The zero-order valence-corrected chi connectivity index (χ0v) is 16.6. The molecular weight excluding hydrogens is 334 g/mol. The molecule has 5 rings (SSSR count). The van der Waals surface area contributed by atoms with E-state index in [2.05, 4.69) is 47.5 Å². The largest absolute Gasteiger partial charge is 0.466 e. The highest BCUT2D eigenvalue weighted by atomic mass is 16.5. The maximum atomic E-state index is 11.9. The van der Waals surface area contributed by atoms with Gasteiger partial charge in [0.2, 0.25) is 0 Å². The Labute approximate surface area is 163 Å². The highest BCUT2D eigenvalue weighted by molar-refractivity contribution is 5.69. The van der Waals surface area contributed by atoms with Crippen molar-refractivity contribution in [3.8, 4) is 0 Å². The van der Waals surface area contributed by atoms with Crippen LogP contribution in [-0.2, 0) is 16.1 Å². The van der Waals surface area contributed by atoms with Gasteiger partial charge in [-0.25, -0.2) is 0 Å². The maximum Gasteiger partial charge on any atom is 0.307 e. The van der Waals surface area contributed by atoms with Gasteiger partial charge < -0.3 is 9.64 Å². The molecule has 4 aliphatic carbocycles. The van der Waals surface area contributed by atoms with E-state index >= 15 is 0 Å². The van der Waals surface area contributed by atoms with Crippen molar-refractivity contribution < 1.29 is 9.53 Å². The fourth-order valence-corrected chi connectivity index (χ4v) is 6.14. The van der Waals surface area contributed by atoms with Crippen LogP contribution in [0.25, 0.3) is 0 Å². The standard InChI is InChI=1S/C24H33NO2/c1-2-27-23(26)8-10-25(18-19-6-4-3-5-7-19)11-9-24-15-20-12-21(16-24)14-22(13-20)17-24/h3-7,9,11,20-22H,2,8,10,12-18H2,1H3. The minimum absolute atomic E-state index is 0.0984. The lowest BCUT2D eigenvalue weighted by Gasteiger charge is -2.56. The zero-order valence-electron chi connectivity index (χ0n) is 16.6. The molecule has 0 unspecified atom stereocenters. The molecule has 4 bridgehead atoms. The average molecular weight is 368 g/mol. The highest BCUT2D eigenvalue weighted by Crippen LogP contribution is 2.60. The smallest absolute Gasteiger partial charge is 0.307 e. The number of rotatable bonds is 8. The summed E-state index contributed by atoms with van der Waals surface area (Å²) in [4.78, 5) is 14.2. The molecule has 4 aliphatic rings. The quantitative estimate of drug-likeness (QED) is 0.594. The van der Waals surface area contributed by atoms with E-state index in [1.54, 1.807) is 0 Å². The second-order valence-corrected chi connectivity index (χ2v) is 9.11. The van der Waals surface area contributed by atoms with E-state index in [1.165, 1.54) is 44.1 Å². The van der Waals surface area contributed by atoms with Gasteiger partial charge in [0.15, 0.2) is 0 Å². The van der Waals surface area contributed by atoms with Gasteiger partial charge in [-0.1, -0.05) is 36.4 Å². The van der Waals surface area contributed by atoms with Crippen molar-refractivity contribution in [2.24, 2.45) is 23.2 Å². The molecule has 1 aromatic carbocycles. The Morgan fingerprint density at radius 3 is 2.33 bits per heavy atom. The molecule has 0 heterocycles. The highest BCUT2D eigenvalue weighted by Gasteiger charge is 2.49. The van der Waals surface area contributed by atoms with Crippen molar-refractivity contribution >= 4 is 5.97 Å². The third-order valence-corrected chi connectivity index (χ3v) is 6.86. The van der Waals surface area contributed by atoms with Crippen LogP contribution in [0.4, 0.5) is 0 Å². The first-order valence-electron chi connectivity index (χ1n) is 10.8. The molecule has 0 spiro atoms. The summed E-state index contributed by atoms with van der Waals surface area (Å²) in [6, 6.07) is 10.5. The SMILES string of the molecule is CCOC(=O)CCN(C=CC12CC3CC(CC(C3)C1)C2)Cc1ccccc1. The van der Waals surface area contributed by atoms with Gasteiger partial charge in [0, 0.05) is 13.1 Å². The average Bonchev–Trinajstić information content (AvgIpc) is 2.64. The summed E-state index contributed by atoms with van der Waals surface area (Å²) in [5.74, 6) is 2.78. The van der Waals surface area contributed by atoms with E-state index in [4.69, 9.17) is 4.74 Å². The monoisotopic (exact) mass is 367 g/mol. The van der Waals surface area contributed by atoms with Gasteiger partial charge >= 0.3 is 5.97 Å². The molecule has 0 N–H and O–H groups in total. The topological polar surface area (TPSA) is 29.5 Å². The molecule has 0 saturated heterocycles. The van der Waals surface area contributed by atoms with E-state index < -0.39 is 0 Å². The van der Waals surface area contributed by atoms with Crippen molar-refractivity contribution in [2.45, 2.75) is 58.4 Å². The summed E-state index contributed by atoms with van der Waals surface area (Å²) < 4.78 is 5.13. The molecule has 3 heteroatoms. The van der Waals surface area contributed by atoms with Gasteiger partial charge in [-0.15, -0.1) is 0 Å². The number of carbonyl (C=O) groups excluding carboxylic acids is 1. The van der Waals surface area contributed by atoms with Gasteiger partial charge in [-0.3, -0.25) is 4.79 Å². The lowest BCUT2D eigenvalue weighted by molar-refractivity contribution is -0.143. The van der Waals surface area contributed by atoms with Crippen molar-refractivity contribution in [1.29, 1.82) is 0 Å². The molecule has 3 nitrogen and oxygen atoms in total. The van der Waals surface area contributed by atoms with Crippen molar-refractivity contribution in [2.75, 3.05) is 13.2 Å². The minimum Gasteiger partial charge on any atom is -0.466 e. The Kier molecular flexibility index (Phi) is 5.56.